The normalized spacial score (nSPS) is 19.7. The van der Waals surface area contributed by atoms with Crippen molar-refractivity contribution in [3.63, 3.8) is 0 Å². The number of nitrogens with zero attached hydrogens (tertiary/aromatic N) is 2. The second-order valence-corrected chi connectivity index (χ2v) is 7.18. The molecule has 114 valence electrons. The largest absolute Gasteiger partial charge is 0.308 e. The van der Waals surface area contributed by atoms with Crippen LogP contribution in [0.5, 0.6) is 0 Å². The monoisotopic (exact) mass is 341 g/mol. The van der Waals surface area contributed by atoms with Crippen LogP contribution in [-0.2, 0) is 0 Å². The minimum absolute atomic E-state index is 0.394. The molecule has 0 bridgehead atoms. The van der Waals surface area contributed by atoms with Crippen molar-refractivity contribution >= 4 is 15.9 Å². The van der Waals surface area contributed by atoms with E-state index in [1.54, 1.807) is 0 Å². The van der Waals surface area contributed by atoms with E-state index in [2.05, 4.69) is 58.7 Å². The molecule has 0 aliphatic heterocycles. The molecular formula is C16H28BrN3. The molecule has 1 aliphatic rings. The van der Waals surface area contributed by atoms with E-state index in [1.165, 1.54) is 37.8 Å². The van der Waals surface area contributed by atoms with Crippen LogP contribution in [0, 0.1) is 5.41 Å². The van der Waals surface area contributed by atoms with Gasteiger partial charge in [0.1, 0.15) is 0 Å². The van der Waals surface area contributed by atoms with E-state index in [9.17, 15) is 0 Å². The molecule has 1 heterocycles. The second kappa shape index (κ2) is 6.61. The van der Waals surface area contributed by atoms with Gasteiger partial charge in [0.05, 0.1) is 22.4 Å². The molecule has 3 nitrogen and oxygen atoms in total. The molecule has 1 atom stereocenters. The van der Waals surface area contributed by atoms with Crippen LogP contribution >= 0.6 is 15.9 Å². The van der Waals surface area contributed by atoms with Crippen LogP contribution in [0.4, 0.5) is 0 Å². The first-order valence-electron chi connectivity index (χ1n) is 8.02. The predicted octanol–water partition coefficient (Wildman–Crippen LogP) is 4.85. The lowest BCUT2D eigenvalue weighted by molar-refractivity contribution is 0.178. The molecule has 1 saturated carbocycles. The Morgan fingerprint density at radius 1 is 1.35 bits per heavy atom. The van der Waals surface area contributed by atoms with Gasteiger partial charge < -0.3 is 5.32 Å². The van der Waals surface area contributed by atoms with Crippen LogP contribution in [0.3, 0.4) is 0 Å². The fourth-order valence-corrected chi connectivity index (χ4v) is 4.27. The number of rotatable bonds is 6. The smallest absolute Gasteiger partial charge is 0.0704 e. The molecule has 1 fully saturated rings. The third-order valence-corrected chi connectivity index (χ3v) is 5.48. The number of aromatic nitrogens is 2. The van der Waals surface area contributed by atoms with Crippen molar-refractivity contribution in [2.45, 2.75) is 71.9 Å². The standard InChI is InChI=1S/C16H28BrN3/c1-5-16(9-7-8-10-16)15(18-6-2)14-13(17)11-19-20(14)12(3)4/h11-12,15,18H,5-10H2,1-4H3. The van der Waals surface area contributed by atoms with Crippen molar-refractivity contribution < 1.29 is 0 Å². The summed E-state index contributed by atoms with van der Waals surface area (Å²) in [6.07, 6.45) is 8.58. The summed E-state index contributed by atoms with van der Waals surface area (Å²) in [7, 11) is 0. The van der Waals surface area contributed by atoms with E-state index in [4.69, 9.17) is 0 Å². The van der Waals surface area contributed by atoms with Crippen molar-refractivity contribution in [2.24, 2.45) is 5.41 Å². The SMILES string of the molecule is CCNC(c1c(Br)cnn1C(C)C)C1(CC)CCCC1. The van der Waals surface area contributed by atoms with Gasteiger partial charge in [0, 0.05) is 6.04 Å². The van der Waals surface area contributed by atoms with E-state index in [1.807, 2.05) is 6.20 Å². The Morgan fingerprint density at radius 3 is 2.50 bits per heavy atom. The molecule has 0 aromatic carbocycles. The summed E-state index contributed by atoms with van der Waals surface area (Å²) >= 11 is 3.73. The highest BCUT2D eigenvalue weighted by molar-refractivity contribution is 9.10. The summed E-state index contributed by atoms with van der Waals surface area (Å²) in [5, 5.41) is 8.35. The average molecular weight is 342 g/mol. The molecule has 0 saturated heterocycles. The van der Waals surface area contributed by atoms with Crippen LogP contribution in [0.2, 0.25) is 0 Å². The Morgan fingerprint density at radius 2 is 2.00 bits per heavy atom. The Labute approximate surface area is 131 Å². The van der Waals surface area contributed by atoms with Gasteiger partial charge in [-0.15, -0.1) is 0 Å². The van der Waals surface area contributed by atoms with Crippen molar-refractivity contribution in [1.29, 1.82) is 0 Å². The number of halogens is 1. The summed E-state index contributed by atoms with van der Waals surface area (Å²) in [6.45, 7) is 9.97. The van der Waals surface area contributed by atoms with Gasteiger partial charge in [-0.3, -0.25) is 4.68 Å². The summed E-state index contributed by atoms with van der Waals surface area (Å²) in [4.78, 5) is 0. The van der Waals surface area contributed by atoms with Gasteiger partial charge in [0.25, 0.3) is 0 Å². The van der Waals surface area contributed by atoms with E-state index in [-0.39, 0.29) is 0 Å². The van der Waals surface area contributed by atoms with Crippen LogP contribution in [0.25, 0.3) is 0 Å². The highest BCUT2D eigenvalue weighted by Gasteiger charge is 2.42. The first-order valence-corrected chi connectivity index (χ1v) is 8.81. The van der Waals surface area contributed by atoms with Crippen LogP contribution < -0.4 is 5.32 Å². The average Bonchev–Trinajstić information content (AvgIpc) is 3.03. The fraction of sp³-hybridized carbons (Fsp3) is 0.812. The highest BCUT2D eigenvalue weighted by atomic mass is 79.9. The summed E-state index contributed by atoms with van der Waals surface area (Å²) in [5.41, 5.74) is 1.73. The maximum atomic E-state index is 4.58. The molecule has 2 rings (SSSR count). The number of hydrogen-bond acceptors (Lipinski definition) is 2. The summed E-state index contributed by atoms with van der Waals surface area (Å²) in [5.74, 6) is 0. The van der Waals surface area contributed by atoms with E-state index >= 15 is 0 Å². The third kappa shape index (κ3) is 2.82. The maximum Gasteiger partial charge on any atom is 0.0704 e. The first kappa shape index (κ1) is 16.0. The molecule has 1 aromatic heterocycles. The van der Waals surface area contributed by atoms with Crippen LogP contribution in [0.1, 0.15) is 77.6 Å². The van der Waals surface area contributed by atoms with E-state index in [0.29, 0.717) is 17.5 Å². The van der Waals surface area contributed by atoms with E-state index < -0.39 is 0 Å². The van der Waals surface area contributed by atoms with Gasteiger partial charge in [0.2, 0.25) is 0 Å². The second-order valence-electron chi connectivity index (χ2n) is 6.33. The van der Waals surface area contributed by atoms with Gasteiger partial charge in [-0.05, 0) is 61.0 Å². The Hall–Kier alpha value is -0.350. The minimum Gasteiger partial charge on any atom is -0.308 e. The Kier molecular flexibility index (Phi) is 5.30. The quantitative estimate of drug-likeness (QED) is 0.801. The molecule has 0 radical (unpaired) electrons. The zero-order valence-corrected chi connectivity index (χ0v) is 14.8. The summed E-state index contributed by atoms with van der Waals surface area (Å²) < 4.78 is 3.34. The molecule has 0 amide bonds. The molecule has 1 unspecified atom stereocenters. The molecule has 4 heteroatoms. The maximum absolute atomic E-state index is 4.58. The fourth-order valence-electron chi connectivity index (χ4n) is 3.77. The molecule has 20 heavy (non-hydrogen) atoms. The summed E-state index contributed by atoms with van der Waals surface area (Å²) in [6, 6.07) is 0.798. The molecular weight excluding hydrogens is 314 g/mol. The van der Waals surface area contributed by atoms with Crippen molar-refractivity contribution in [1.82, 2.24) is 15.1 Å². The van der Waals surface area contributed by atoms with Gasteiger partial charge in [-0.1, -0.05) is 26.7 Å². The number of nitrogens with one attached hydrogen (secondary N) is 1. The number of hydrogen-bond donors (Lipinski definition) is 1. The molecule has 1 aliphatic carbocycles. The lowest BCUT2D eigenvalue weighted by Gasteiger charge is -2.38. The van der Waals surface area contributed by atoms with Gasteiger partial charge in [-0.2, -0.15) is 5.10 Å². The third-order valence-electron chi connectivity index (χ3n) is 4.87. The topological polar surface area (TPSA) is 29.9 Å². The van der Waals surface area contributed by atoms with Gasteiger partial charge >= 0.3 is 0 Å². The van der Waals surface area contributed by atoms with E-state index in [0.717, 1.165) is 11.0 Å². The molecule has 1 aromatic rings. The van der Waals surface area contributed by atoms with Gasteiger partial charge in [0.15, 0.2) is 0 Å². The Balaban J connectivity index is 2.45. The van der Waals surface area contributed by atoms with Crippen LogP contribution in [-0.4, -0.2) is 16.3 Å². The van der Waals surface area contributed by atoms with Crippen molar-refractivity contribution in [3.05, 3.63) is 16.4 Å². The predicted molar refractivity (Wildman–Crippen MR) is 87.9 cm³/mol. The van der Waals surface area contributed by atoms with Crippen molar-refractivity contribution in [3.8, 4) is 0 Å². The highest BCUT2D eigenvalue weighted by Crippen LogP contribution is 2.51. The molecule has 1 N–H and O–H groups in total. The van der Waals surface area contributed by atoms with Crippen molar-refractivity contribution in [2.75, 3.05) is 6.54 Å². The lowest BCUT2D eigenvalue weighted by Crippen LogP contribution is -2.38. The first-order chi connectivity index (χ1) is 9.55. The minimum atomic E-state index is 0.394. The zero-order valence-electron chi connectivity index (χ0n) is 13.2. The van der Waals surface area contributed by atoms with Crippen LogP contribution in [0.15, 0.2) is 10.7 Å². The van der Waals surface area contributed by atoms with Gasteiger partial charge in [-0.25, -0.2) is 0 Å². The zero-order chi connectivity index (χ0) is 14.8. The Bertz CT molecular complexity index is 433. The molecule has 0 spiro atoms. The lowest BCUT2D eigenvalue weighted by atomic mass is 9.74.